The molecule has 0 atom stereocenters. The second-order valence-electron chi connectivity index (χ2n) is 5.75. The molecular formula is C18H13FN4OS3. The minimum Gasteiger partial charge on any atom is -0.304 e. The number of hydrogen-bond donors (Lipinski definition) is 0. The molecule has 0 saturated carbocycles. The van der Waals surface area contributed by atoms with Gasteiger partial charge < -0.3 is 4.57 Å². The van der Waals surface area contributed by atoms with E-state index in [2.05, 4.69) is 16.5 Å². The number of fused-ring (bicyclic) bond motifs is 1. The van der Waals surface area contributed by atoms with Crippen molar-refractivity contribution in [2.24, 2.45) is 0 Å². The molecule has 4 aromatic rings. The normalized spacial score (nSPS) is 11.1. The summed E-state index contributed by atoms with van der Waals surface area (Å²) >= 11 is 8.03. The summed E-state index contributed by atoms with van der Waals surface area (Å²) in [5, 5.41) is 2.67. The largest absolute Gasteiger partial charge is 0.304 e. The van der Waals surface area contributed by atoms with Crippen LogP contribution < -0.4 is 5.56 Å². The van der Waals surface area contributed by atoms with Gasteiger partial charge in [-0.25, -0.2) is 14.4 Å². The van der Waals surface area contributed by atoms with Gasteiger partial charge in [0.05, 0.1) is 12.2 Å². The fraction of sp³-hybridized carbons (Fsp3) is 0.111. The van der Waals surface area contributed by atoms with Gasteiger partial charge in [0.25, 0.3) is 5.56 Å². The summed E-state index contributed by atoms with van der Waals surface area (Å²) in [6.45, 7) is 4.54. The quantitative estimate of drug-likeness (QED) is 0.355. The third-order valence-electron chi connectivity index (χ3n) is 3.93. The van der Waals surface area contributed by atoms with Crippen LogP contribution in [0.2, 0.25) is 0 Å². The van der Waals surface area contributed by atoms with Crippen LogP contribution in [0.25, 0.3) is 20.9 Å². The van der Waals surface area contributed by atoms with Crippen molar-refractivity contribution in [1.82, 2.24) is 19.1 Å². The van der Waals surface area contributed by atoms with Crippen molar-refractivity contribution < 1.29 is 4.39 Å². The van der Waals surface area contributed by atoms with Crippen molar-refractivity contribution in [3.8, 4) is 10.6 Å². The van der Waals surface area contributed by atoms with Crippen LogP contribution in [-0.4, -0.2) is 19.1 Å². The lowest BCUT2D eigenvalue weighted by atomic mass is 10.2. The van der Waals surface area contributed by atoms with Gasteiger partial charge in [-0.15, -0.1) is 17.9 Å². The van der Waals surface area contributed by atoms with Crippen molar-refractivity contribution in [2.75, 3.05) is 0 Å². The third-order valence-corrected chi connectivity index (χ3v) is 6.30. The first-order valence-electron chi connectivity index (χ1n) is 7.97. The fourth-order valence-corrected chi connectivity index (χ4v) is 4.79. The highest BCUT2D eigenvalue weighted by molar-refractivity contribution is 7.73. The summed E-state index contributed by atoms with van der Waals surface area (Å²) in [4.78, 5) is 21.8. The van der Waals surface area contributed by atoms with E-state index in [-0.39, 0.29) is 11.4 Å². The minimum absolute atomic E-state index is 0.143. The first-order chi connectivity index (χ1) is 13.1. The van der Waals surface area contributed by atoms with Gasteiger partial charge in [-0.05, 0) is 36.5 Å². The molecule has 0 bridgehead atoms. The highest BCUT2D eigenvalue weighted by Crippen LogP contribution is 2.24. The molecule has 0 aliphatic rings. The van der Waals surface area contributed by atoms with Crippen molar-refractivity contribution in [3.63, 3.8) is 0 Å². The second-order valence-corrected chi connectivity index (χ2v) is 8.25. The number of aromatic nitrogens is 4. The smallest absolute Gasteiger partial charge is 0.273 e. The Kier molecular flexibility index (Phi) is 4.81. The van der Waals surface area contributed by atoms with Gasteiger partial charge >= 0.3 is 0 Å². The molecule has 136 valence electrons. The summed E-state index contributed by atoms with van der Waals surface area (Å²) in [5.41, 5.74) is 2.02. The van der Waals surface area contributed by atoms with E-state index in [1.54, 1.807) is 22.8 Å². The minimum atomic E-state index is -0.285. The first kappa shape index (κ1) is 17.9. The molecule has 0 spiro atoms. The van der Waals surface area contributed by atoms with Crippen LogP contribution >= 0.6 is 34.9 Å². The molecule has 0 saturated heterocycles. The topological polar surface area (TPSA) is 52.7 Å². The summed E-state index contributed by atoms with van der Waals surface area (Å²) in [5.74, 6) is -0.285. The van der Waals surface area contributed by atoms with Gasteiger partial charge in [-0.3, -0.25) is 9.36 Å². The maximum absolute atomic E-state index is 13.1. The number of nitrogens with zero attached hydrogens (tertiary/aromatic N) is 4. The molecule has 0 radical (unpaired) electrons. The van der Waals surface area contributed by atoms with Crippen molar-refractivity contribution in [3.05, 3.63) is 74.4 Å². The van der Waals surface area contributed by atoms with Crippen molar-refractivity contribution in [2.45, 2.75) is 13.1 Å². The Labute approximate surface area is 166 Å². The predicted octanol–water partition coefficient (Wildman–Crippen LogP) is 4.49. The lowest BCUT2D eigenvalue weighted by Gasteiger charge is -2.04. The Balaban J connectivity index is 1.67. The Morgan fingerprint density at radius 1 is 1.30 bits per heavy atom. The molecule has 9 heteroatoms. The van der Waals surface area contributed by atoms with Crippen molar-refractivity contribution in [1.29, 1.82) is 0 Å². The van der Waals surface area contributed by atoms with E-state index in [0.29, 0.717) is 27.4 Å². The number of rotatable bonds is 5. The molecule has 3 aromatic heterocycles. The van der Waals surface area contributed by atoms with E-state index >= 15 is 0 Å². The molecule has 3 heterocycles. The molecule has 1 aromatic carbocycles. The molecule has 27 heavy (non-hydrogen) atoms. The SMILES string of the molecule is C=CCn1c(=S)sc2c(=O)n(Cc3csc(-c4ccc(F)cc4)n3)cnc21. The second kappa shape index (κ2) is 7.26. The van der Waals surface area contributed by atoms with E-state index in [9.17, 15) is 9.18 Å². The summed E-state index contributed by atoms with van der Waals surface area (Å²) in [7, 11) is 0. The maximum Gasteiger partial charge on any atom is 0.273 e. The monoisotopic (exact) mass is 416 g/mol. The van der Waals surface area contributed by atoms with Gasteiger partial charge in [0, 0.05) is 17.5 Å². The van der Waals surface area contributed by atoms with Crippen molar-refractivity contribution >= 4 is 45.2 Å². The Morgan fingerprint density at radius 2 is 2.07 bits per heavy atom. The van der Waals surface area contributed by atoms with E-state index < -0.39 is 0 Å². The Hall–Kier alpha value is -2.49. The van der Waals surface area contributed by atoms with Crippen LogP contribution in [0.5, 0.6) is 0 Å². The zero-order valence-electron chi connectivity index (χ0n) is 14.0. The van der Waals surface area contributed by atoms with Gasteiger partial charge in [-0.2, -0.15) is 0 Å². The van der Waals surface area contributed by atoms with E-state index in [1.807, 2.05) is 5.38 Å². The molecule has 0 N–H and O–H groups in total. The lowest BCUT2D eigenvalue weighted by molar-refractivity contribution is 0.628. The maximum atomic E-state index is 13.1. The fourth-order valence-electron chi connectivity index (χ4n) is 2.65. The van der Waals surface area contributed by atoms with Gasteiger partial charge in [0.15, 0.2) is 9.60 Å². The zero-order valence-corrected chi connectivity index (χ0v) is 16.4. The van der Waals surface area contributed by atoms with Crippen LogP contribution in [0.1, 0.15) is 5.69 Å². The third kappa shape index (κ3) is 3.41. The average molecular weight is 417 g/mol. The molecular weight excluding hydrogens is 403 g/mol. The van der Waals surface area contributed by atoms with E-state index in [0.717, 1.165) is 16.3 Å². The predicted molar refractivity (Wildman–Crippen MR) is 110 cm³/mol. The van der Waals surface area contributed by atoms with Crippen LogP contribution in [0.4, 0.5) is 4.39 Å². The Morgan fingerprint density at radius 3 is 2.81 bits per heavy atom. The Bertz CT molecular complexity index is 1250. The number of halogens is 1. The molecule has 0 amide bonds. The molecule has 0 aliphatic heterocycles. The molecule has 4 rings (SSSR count). The molecule has 0 fully saturated rings. The molecule has 0 unspecified atom stereocenters. The standard InChI is InChI=1S/C18H13FN4OS3/c1-2-7-23-15-14(27-18(23)25)17(24)22(10-20-15)8-13-9-26-16(21-13)11-3-5-12(19)6-4-11/h2-6,9-10H,1,7-8H2. The van der Waals surface area contributed by atoms with Gasteiger partial charge in [0.1, 0.15) is 21.9 Å². The van der Waals surface area contributed by atoms with E-state index in [1.165, 1.54) is 45.7 Å². The number of allylic oxidation sites excluding steroid dienone is 1. The average Bonchev–Trinajstić information content (AvgIpc) is 3.24. The number of benzene rings is 1. The van der Waals surface area contributed by atoms with Crippen LogP contribution in [0.3, 0.4) is 0 Å². The number of thiazole rings is 2. The lowest BCUT2D eigenvalue weighted by Crippen LogP contribution is -2.21. The first-order valence-corrected chi connectivity index (χ1v) is 10.1. The van der Waals surface area contributed by atoms with Gasteiger partial charge in [-0.1, -0.05) is 17.4 Å². The van der Waals surface area contributed by atoms with E-state index in [4.69, 9.17) is 12.2 Å². The summed E-state index contributed by atoms with van der Waals surface area (Å²) in [6.07, 6.45) is 3.24. The number of hydrogen-bond acceptors (Lipinski definition) is 6. The highest BCUT2D eigenvalue weighted by atomic mass is 32.1. The molecule has 0 aliphatic carbocycles. The highest BCUT2D eigenvalue weighted by Gasteiger charge is 2.13. The van der Waals surface area contributed by atoms with Crippen LogP contribution in [0.15, 0.2) is 53.4 Å². The van der Waals surface area contributed by atoms with Crippen LogP contribution in [0, 0.1) is 9.77 Å². The summed E-state index contributed by atoms with van der Waals surface area (Å²) in [6, 6.07) is 6.18. The molecule has 5 nitrogen and oxygen atoms in total. The van der Waals surface area contributed by atoms with Gasteiger partial charge in [0.2, 0.25) is 0 Å². The zero-order chi connectivity index (χ0) is 19.0. The summed E-state index contributed by atoms with van der Waals surface area (Å²) < 4.78 is 17.5. The van der Waals surface area contributed by atoms with Crippen LogP contribution in [-0.2, 0) is 13.1 Å².